The number of carbonyl (C=O) groups excluding carboxylic acids is 4. The van der Waals surface area contributed by atoms with Crippen molar-refractivity contribution in [2.45, 2.75) is 107 Å². The summed E-state index contributed by atoms with van der Waals surface area (Å²) in [6, 6.07) is 15.6. The number of ether oxygens (including phenoxy) is 2. The van der Waals surface area contributed by atoms with E-state index in [0.717, 1.165) is 47.2 Å². The summed E-state index contributed by atoms with van der Waals surface area (Å²) in [5.74, 6) is 0.382. The van der Waals surface area contributed by atoms with E-state index in [0.29, 0.717) is 79.6 Å². The SMILES string of the molecule is COC(=O)N[C@H](C(=O)N1CCC[C@H]1c1ncc(-c2ccc([C@H]3CC[C@H](c4ccc(-c5cnc([C@@H]6CCCN6C(=O)[C@@H](NC(=O)OC)C(C)C)[nH]5)cc4)N3c3ccc(S(F)(F)(F)(F)F)cc3)cc2)[nH]1)C(C)C. The van der Waals surface area contributed by atoms with Gasteiger partial charge in [0.25, 0.3) is 0 Å². The van der Waals surface area contributed by atoms with Crippen LogP contribution in [0.4, 0.5) is 34.7 Å². The van der Waals surface area contributed by atoms with Crippen molar-refractivity contribution >= 4 is 39.9 Å². The molecular formula is C50H60F5N9O6S. The zero-order valence-electron chi connectivity index (χ0n) is 40.3. The Hall–Kier alpha value is -6.64. The van der Waals surface area contributed by atoms with Gasteiger partial charge in [0.1, 0.15) is 28.6 Å². The number of hydrogen-bond acceptors (Lipinski definition) is 9. The van der Waals surface area contributed by atoms with Crippen LogP contribution < -0.4 is 15.5 Å². The minimum atomic E-state index is -9.94. The van der Waals surface area contributed by atoms with Crippen molar-refractivity contribution in [3.05, 3.63) is 108 Å². The molecule has 3 aliphatic heterocycles. The van der Waals surface area contributed by atoms with Gasteiger partial charge in [-0.25, -0.2) is 19.6 Å². The van der Waals surface area contributed by atoms with Crippen LogP contribution >= 0.6 is 10.2 Å². The van der Waals surface area contributed by atoms with Gasteiger partial charge >= 0.3 is 22.4 Å². The zero-order chi connectivity index (χ0) is 51.1. The lowest BCUT2D eigenvalue weighted by molar-refractivity contribution is -0.136. The average Bonchev–Trinajstić information content (AvgIpc) is 4.21. The molecule has 15 nitrogen and oxygen atoms in total. The van der Waals surface area contributed by atoms with Crippen molar-refractivity contribution in [2.75, 3.05) is 32.2 Å². The Labute approximate surface area is 409 Å². The smallest absolute Gasteiger partial charge is 0.407 e. The van der Waals surface area contributed by atoms with Crippen LogP contribution in [0.1, 0.15) is 113 Å². The lowest BCUT2D eigenvalue weighted by Gasteiger charge is -2.41. The first-order chi connectivity index (χ1) is 33.5. The van der Waals surface area contributed by atoms with Crippen LogP contribution in [-0.4, -0.2) is 93.1 Å². The van der Waals surface area contributed by atoms with Crippen molar-refractivity contribution in [3.8, 4) is 22.5 Å². The number of halogens is 5. The molecule has 3 aliphatic rings. The van der Waals surface area contributed by atoms with Crippen LogP contribution in [0.25, 0.3) is 22.5 Å². The lowest BCUT2D eigenvalue weighted by atomic mass is 10.0. The summed E-state index contributed by atoms with van der Waals surface area (Å²) < 4.78 is 79.1. The van der Waals surface area contributed by atoms with Crippen molar-refractivity contribution < 1.29 is 48.1 Å². The molecule has 8 rings (SSSR count). The number of alkyl carbamates (subject to hydrolysis) is 2. The molecule has 4 amide bonds. The number of nitrogens with zero attached hydrogens (tertiary/aromatic N) is 5. The number of aromatic nitrogens is 4. The maximum atomic E-state index is 13.9. The molecule has 4 N–H and O–H groups in total. The third-order valence-electron chi connectivity index (χ3n) is 13.9. The van der Waals surface area contributed by atoms with Crippen molar-refractivity contribution in [2.24, 2.45) is 11.8 Å². The fourth-order valence-corrected chi connectivity index (χ4v) is 10.8. The standard InChI is InChI=1S/C50H60F5N9O6S/c1-29(2)43(60-49(67)69-5)47(65)62-25-7-9-41(62)45-56-27-37(58-45)31-11-15-33(16-12-31)39-23-24-40(64(39)35-19-21-36(22-20-35)71(51,52,53,54)55)34-17-13-32(14-18-34)38-28-57-46(59-38)42-10-8-26-63(42)48(66)44(30(3)4)61-50(68)70-6/h11-22,27-30,39-44H,7-10,23-26H2,1-6H3,(H,56,58)(H,57,59)(H,60,67)(H,61,68)/t39-,40-,41+,42+,43+,44+/m1/s1. The van der Waals surface area contributed by atoms with Crippen LogP contribution in [-0.2, 0) is 19.1 Å². The summed E-state index contributed by atoms with van der Waals surface area (Å²) >= 11 is 0. The maximum Gasteiger partial charge on any atom is 0.407 e. The van der Waals surface area contributed by atoms with E-state index in [1.165, 1.54) is 14.2 Å². The Morgan fingerprint density at radius 2 is 0.986 bits per heavy atom. The Morgan fingerprint density at radius 3 is 1.34 bits per heavy atom. The van der Waals surface area contributed by atoms with Gasteiger partial charge in [0.15, 0.2) is 0 Å². The molecule has 5 heterocycles. The molecule has 5 aromatic rings. The van der Waals surface area contributed by atoms with E-state index in [1.807, 2.05) is 81.1 Å². The largest absolute Gasteiger partial charge is 0.453 e. The van der Waals surface area contributed by atoms with Gasteiger partial charge in [-0.05, 0) is 96.9 Å². The molecule has 21 heteroatoms. The van der Waals surface area contributed by atoms with E-state index in [2.05, 4.69) is 30.6 Å². The number of amides is 4. The van der Waals surface area contributed by atoms with E-state index in [9.17, 15) is 38.6 Å². The van der Waals surface area contributed by atoms with E-state index < -0.39 is 39.4 Å². The first-order valence-electron chi connectivity index (χ1n) is 23.8. The number of methoxy groups -OCH3 is 2. The predicted molar refractivity (Wildman–Crippen MR) is 259 cm³/mol. The highest BCUT2D eigenvalue weighted by molar-refractivity contribution is 8.45. The number of carbonyl (C=O) groups is 4. The van der Waals surface area contributed by atoms with E-state index in [1.54, 1.807) is 22.2 Å². The van der Waals surface area contributed by atoms with E-state index >= 15 is 0 Å². The second-order valence-electron chi connectivity index (χ2n) is 19.2. The van der Waals surface area contributed by atoms with Crippen LogP contribution in [0.2, 0.25) is 0 Å². The van der Waals surface area contributed by atoms with E-state index in [-0.39, 0.29) is 47.8 Å². The Balaban J connectivity index is 1.02. The monoisotopic (exact) mass is 1010 g/mol. The molecule has 71 heavy (non-hydrogen) atoms. The number of likely N-dealkylation sites (tertiary alicyclic amines) is 2. The first kappa shape index (κ1) is 50.7. The fourth-order valence-electron chi connectivity index (χ4n) is 10.2. The Morgan fingerprint density at radius 1 is 0.592 bits per heavy atom. The second-order valence-corrected chi connectivity index (χ2v) is 21.6. The van der Waals surface area contributed by atoms with Crippen molar-refractivity contribution in [1.29, 1.82) is 0 Å². The number of hydrogen-bond donors (Lipinski definition) is 4. The maximum absolute atomic E-state index is 13.9. The number of H-pyrrole nitrogens is 2. The number of rotatable bonds is 14. The van der Waals surface area contributed by atoms with Crippen molar-refractivity contribution in [3.63, 3.8) is 0 Å². The van der Waals surface area contributed by atoms with Gasteiger partial charge in [-0.3, -0.25) is 9.59 Å². The highest BCUT2D eigenvalue weighted by Crippen LogP contribution is 3.02. The summed E-state index contributed by atoms with van der Waals surface area (Å²) in [5.41, 5.74) is 5.09. The molecule has 382 valence electrons. The molecule has 0 bridgehead atoms. The molecule has 0 saturated carbocycles. The molecule has 2 aromatic heterocycles. The molecule has 0 unspecified atom stereocenters. The fraction of sp³-hybridized carbons (Fsp3) is 0.440. The minimum absolute atomic E-state index is 0.188. The number of nitrogens with one attached hydrogen (secondary N) is 4. The molecule has 0 radical (unpaired) electrons. The van der Waals surface area contributed by atoms with Crippen molar-refractivity contribution in [1.82, 2.24) is 40.4 Å². The van der Waals surface area contributed by atoms with Gasteiger partial charge in [0, 0.05) is 18.8 Å². The topological polar surface area (TPSA) is 178 Å². The summed E-state index contributed by atoms with van der Waals surface area (Å²) in [6.07, 6.45) is 6.09. The van der Waals surface area contributed by atoms with Gasteiger partial charge in [0.2, 0.25) is 11.8 Å². The molecule has 0 spiro atoms. The number of aromatic amines is 2. The zero-order valence-corrected chi connectivity index (χ0v) is 41.2. The molecule has 0 aliphatic carbocycles. The van der Waals surface area contributed by atoms with Gasteiger partial charge in [-0.2, -0.15) is 0 Å². The second kappa shape index (κ2) is 19.2. The Kier molecular flexibility index (Phi) is 13.7. The van der Waals surface area contributed by atoms with Gasteiger partial charge < -0.3 is 44.8 Å². The molecule has 3 aromatic carbocycles. The molecule has 3 saturated heterocycles. The highest BCUT2D eigenvalue weighted by Gasteiger charge is 2.65. The molecule has 6 atom stereocenters. The number of anilines is 1. The summed E-state index contributed by atoms with van der Waals surface area (Å²) in [5, 5.41) is 5.32. The first-order valence-corrected chi connectivity index (χ1v) is 25.7. The summed E-state index contributed by atoms with van der Waals surface area (Å²) in [4.78, 5) is 71.1. The summed E-state index contributed by atoms with van der Waals surface area (Å²) in [7, 11) is -7.45. The number of imidazole rings is 2. The van der Waals surface area contributed by atoms with Crippen LogP contribution in [0.5, 0.6) is 0 Å². The molecule has 3 fully saturated rings. The van der Waals surface area contributed by atoms with Crippen LogP contribution in [0.3, 0.4) is 0 Å². The van der Waals surface area contributed by atoms with Gasteiger partial charge in [-0.1, -0.05) is 95.7 Å². The van der Waals surface area contributed by atoms with Gasteiger partial charge in [-0.15, -0.1) is 0 Å². The normalized spacial score (nSPS) is 21.2. The minimum Gasteiger partial charge on any atom is -0.453 e. The third kappa shape index (κ3) is 10.8. The summed E-state index contributed by atoms with van der Waals surface area (Å²) in [6.45, 7) is 8.39. The molecular weight excluding hydrogens is 950 g/mol. The third-order valence-corrected chi connectivity index (χ3v) is 15.0. The highest BCUT2D eigenvalue weighted by atomic mass is 32.5. The average molecular weight is 1010 g/mol. The lowest BCUT2D eigenvalue weighted by Crippen LogP contribution is -2.51. The quantitative estimate of drug-likeness (QED) is 0.0788. The van der Waals surface area contributed by atoms with Crippen LogP contribution in [0.15, 0.2) is 90.1 Å². The van der Waals surface area contributed by atoms with Gasteiger partial charge in [0.05, 0.1) is 62.2 Å². The Bertz CT molecular complexity index is 2590. The van der Waals surface area contributed by atoms with Crippen LogP contribution in [0, 0.1) is 11.8 Å². The van der Waals surface area contributed by atoms with E-state index in [4.69, 9.17) is 9.47 Å². The predicted octanol–water partition coefficient (Wildman–Crippen LogP) is 11.3. The number of benzene rings is 3.